The van der Waals surface area contributed by atoms with Crippen LogP contribution >= 0.6 is 0 Å². The van der Waals surface area contributed by atoms with E-state index in [0.29, 0.717) is 28.7 Å². The molecule has 2 heterocycles. The molecule has 2 aromatic heterocycles. The highest BCUT2D eigenvalue weighted by atomic mass is 19.4. The minimum Gasteiger partial charge on any atom is -0.340 e. The monoisotopic (exact) mass is 575 g/mol. The van der Waals surface area contributed by atoms with Crippen molar-refractivity contribution in [2.75, 3.05) is 5.32 Å². The second-order valence-corrected chi connectivity index (χ2v) is 10.9. The van der Waals surface area contributed by atoms with Crippen molar-refractivity contribution in [3.63, 3.8) is 0 Å². The number of aromatic nitrogens is 4. The molecule has 0 saturated heterocycles. The maximum absolute atomic E-state index is 13.7. The van der Waals surface area contributed by atoms with Crippen LogP contribution in [-0.4, -0.2) is 25.5 Å². The van der Waals surface area contributed by atoms with Crippen molar-refractivity contribution in [2.24, 2.45) is 5.92 Å². The van der Waals surface area contributed by atoms with Gasteiger partial charge in [-0.05, 0) is 80.0 Å². The van der Waals surface area contributed by atoms with E-state index in [1.165, 1.54) is 12.4 Å². The predicted octanol–water partition coefficient (Wildman–Crippen LogP) is 8.48. The van der Waals surface area contributed by atoms with Crippen LogP contribution in [0.2, 0.25) is 0 Å². The van der Waals surface area contributed by atoms with Gasteiger partial charge < -0.3 is 5.32 Å². The second kappa shape index (κ2) is 13.1. The SMILES string of the molecule is CCc1cc(-n2nc(C)cc2Nc2cc(CC(=O)c3cc(/C=C/CCC(C)C)cc(C(F)(F)F)c3)ccc2C)ncn1. The first kappa shape index (κ1) is 30.7. The summed E-state index contributed by atoms with van der Waals surface area (Å²) in [7, 11) is 0. The molecule has 220 valence electrons. The number of nitrogens with zero attached hydrogens (tertiary/aromatic N) is 4. The van der Waals surface area contributed by atoms with E-state index in [1.807, 2.05) is 57.2 Å². The highest BCUT2D eigenvalue weighted by Gasteiger charge is 2.31. The van der Waals surface area contributed by atoms with Crippen molar-refractivity contribution in [3.8, 4) is 5.82 Å². The molecule has 4 aromatic rings. The predicted molar refractivity (Wildman–Crippen MR) is 160 cm³/mol. The van der Waals surface area contributed by atoms with Crippen molar-refractivity contribution in [2.45, 2.75) is 66.5 Å². The fraction of sp³-hybridized carbons (Fsp3) is 0.333. The molecule has 0 fully saturated rings. The lowest BCUT2D eigenvalue weighted by Gasteiger charge is -2.14. The van der Waals surface area contributed by atoms with Gasteiger partial charge in [0.2, 0.25) is 0 Å². The fourth-order valence-corrected chi connectivity index (χ4v) is 4.52. The molecule has 0 amide bonds. The zero-order valence-electron chi connectivity index (χ0n) is 24.6. The Morgan fingerprint density at radius 1 is 1.05 bits per heavy atom. The number of aryl methyl sites for hydroxylation is 3. The molecule has 4 rings (SSSR count). The summed E-state index contributed by atoms with van der Waals surface area (Å²) in [6, 6.07) is 12.9. The van der Waals surface area contributed by atoms with Crippen molar-refractivity contribution in [1.82, 2.24) is 19.7 Å². The van der Waals surface area contributed by atoms with Gasteiger partial charge in [0, 0.05) is 35.5 Å². The van der Waals surface area contributed by atoms with E-state index in [0.717, 1.165) is 54.0 Å². The minimum atomic E-state index is -4.56. The molecule has 2 aromatic carbocycles. The zero-order chi connectivity index (χ0) is 30.4. The number of hydrogen-bond donors (Lipinski definition) is 1. The minimum absolute atomic E-state index is 0.0348. The molecule has 0 spiro atoms. The molecule has 1 N–H and O–H groups in total. The van der Waals surface area contributed by atoms with E-state index in [-0.39, 0.29) is 17.8 Å². The molecular formula is C33H36F3N5O. The lowest BCUT2D eigenvalue weighted by atomic mass is 9.97. The molecule has 0 aliphatic rings. The van der Waals surface area contributed by atoms with Crippen LogP contribution in [0.25, 0.3) is 11.9 Å². The normalized spacial score (nSPS) is 11.9. The topological polar surface area (TPSA) is 72.7 Å². The lowest BCUT2D eigenvalue weighted by molar-refractivity contribution is -0.137. The third-order valence-corrected chi connectivity index (χ3v) is 6.88. The Hall–Kier alpha value is -4.27. The van der Waals surface area contributed by atoms with Crippen LogP contribution in [0.5, 0.6) is 0 Å². The fourth-order valence-electron chi connectivity index (χ4n) is 4.52. The van der Waals surface area contributed by atoms with Gasteiger partial charge in [-0.1, -0.05) is 45.1 Å². The molecule has 0 atom stereocenters. The first-order valence-corrected chi connectivity index (χ1v) is 14.1. The average molecular weight is 576 g/mol. The van der Waals surface area contributed by atoms with Gasteiger partial charge in [0.1, 0.15) is 12.1 Å². The molecular weight excluding hydrogens is 539 g/mol. The summed E-state index contributed by atoms with van der Waals surface area (Å²) in [6.45, 7) is 10.0. The van der Waals surface area contributed by atoms with Crippen molar-refractivity contribution in [3.05, 3.63) is 100 Å². The number of ketones is 1. The molecule has 0 saturated carbocycles. The van der Waals surface area contributed by atoms with Crippen LogP contribution in [-0.2, 0) is 19.0 Å². The van der Waals surface area contributed by atoms with Crippen LogP contribution in [0.3, 0.4) is 0 Å². The number of halogens is 3. The molecule has 6 nitrogen and oxygen atoms in total. The van der Waals surface area contributed by atoms with E-state index in [1.54, 1.807) is 10.8 Å². The van der Waals surface area contributed by atoms with Gasteiger partial charge in [0.25, 0.3) is 0 Å². The van der Waals surface area contributed by atoms with Crippen molar-refractivity contribution in [1.29, 1.82) is 0 Å². The third kappa shape index (κ3) is 7.93. The van der Waals surface area contributed by atoms with E-state index >= 15 is 0 Å². The third-order valence-electron chi connectivity index (χ3n) is 6.88. The van der Waals surface area contributed by atoms with Crippen LogP contribution in [0.15, 0.2) is 60.9 Å². The summed E-state index contributed by atoms with van der Waals surface area (Å²) >= 11 is 0. The highest BCUT2D eigenvalue weighted by Crippen LogP contribution is 2.32. The number of hydrogen-bond acceptors (Lipinski definition) is 5. The number of alkyl halides is 3. The van der Waals surface area contributed by atoms with E-state index in [4.69, 9.17) is 0 Å². The van der Waals surface area contributed by atoms with E-state index in [2.05, 4.69) is 34.2 Å². The Kier molecular flexibility index (Phi) is 9.60. The van der Waals surface area contributed by atoms with Gasteiger partial charge in [0.15, 0.2) is 11.6 Å². The van der Waals surface area contributed by atoms with Crippen LogP contribution in [0, 0.1) is 19.8 Å². The Labute approximate surface area is 244 Å². The number of carbonyl (C=O) groups is 1. The number of Topliss-reactive ketones (excluding diaryl/α,β-unsaturated/α-hetero) is 1. The molecule has 0 aliphatic heterocycles. The summed E-state index contributed by atoms with van der Waals surface area (Å²) in [4.78, 5) is 21.9. The van der Waals surface area contributed by atoms with Gasteiger partial charge >= 0.3 is 6.18 Å². The van der Waals surface area contributed by atoms with Gasteiger partial charge in [-0.2, -0.15) is 23.0 Å². The van der Waals surface area contributed by atoms with Crippen molar-refractivity contribution >= 4 is 23.4 Å². The standard InChI is InChI=1S/C33H36F3N5O/c1-6-28-19-31(38-20-37-28)41-32(13-23(5)40-41)39-29-16-25(12-11-22(29)4)17-30(42)26-14-24(10-8-7-9-21(2)3)15-27(18-26)33(34,35)36/h8,10-16,18-21,39H,6-7,9,17H2,1-5H3/b10-8+. The Balaban J connectivity index is 1.59. The van der Waals surface area contributed by atoms with Crippen LogP contribution < -0.4 is 5.32 Å². The van der Waals surface area contributed by atoms with Gasteiger partial charge in [-0.3, -0.25) is 4.79 Å². The first-order valence-electron chi connectivity index (χ1n) is 14.1. The maximum Gasteiger partial charge on any atom is 0.416 e. The highest BCUT2D eigenvalue weighted by molar-refractivity contribution is 5.98. The number of carbonyl (C=O) groups excluding carboxylic acids is 1. The number of rotatable bonds is 11. The summed E-state index contributed by atoms with van der Waals surface area (Å²) < 4.78 is 42.7. The molecule has 0 aliphatic carbocycles. The quantitative estimate of drug-likeness (QED) is 0.182. The molecule has 9 heteroatoms. The molecule has 0 radical (unpaired) electrons. The lowest BCUT2D eigenvalue weighted by Crippen LogP contribution is -2.10. The van der Waals surface area contributed by atoms with Crippen LogP contribution in [0.1, 0.15) is 77.6 Å². The van der Waals surface area contributed by atoms with Gasteiger partial charge in [-0.15, -0.1) is 0 Å². The zero-order valence-corrected chi connectivity index (χ0v) is 24.6. The van der Waals surface area contributed by atoms with Crippen molar-refractivity contribution < 1.29 is 18.0 Å². The average Bonchev–Trinajstić information content (AvgIpc) is 3.32. The Morgan fingerprint density at radius 3 is 2.55 bits per heavy atom. The number of anilines is 2. The largest absolute Gasteiger partial charge is 0.416 e. The Bertz CT molecular complexity index is 1590. The summed E-state index contributed by atoms with van der Waals surface area (Å²) in [6.07, 6.45) is 2.88. The summed E-state index contributed by atoms with van der Waals surface area (Å²) in [5.41, 5.74) is 3.61. The smallest absolute Gasteiger partial charge is 0.340 e. The van der Waals surface area contributed by atoms with Crippen LogP contribution in [0.4, 0.5) is 24.7 Å². The summed E-state index contributed by atoms with van der Waals surface area (Å²) in [5.74, 6) is 1.42. The van der Waals surface area contributed by atoms with Gasteiger partial charge in [0.05, 0.1) is 11.3 Å². The molecule has 0 unspecified atom stereocenters. The first-order chi connectivity index (χ1) is 19.9. The molecule has 42 heavy (non-hydrogen) atoms. The summed E-state index contributed by atoms with van der Waals surface area (Å²) in [5, 5.41) is 7.97. The second-order valence-electron chi connectivity index (χ2n) is 10.9. The maximum atomic E-state index is 13.7. The number of allylic oxidation sites excluding steroid dienone is 1. The Morgan fingerprint density at radius 2 is 1.83 bits per heavy atom. The number of nitrogens with one attached hydrogen (secondary N) is 1. The number of benzene rings is 2. The van der Waals surface area contributed by atoms with Gasteiger partial charge in [-0.25, -0.2) is 9.97 Å². The van der Waals surface area contributed by atoms with E-state index < -0.39 is 11.7 Å². The molecule has 0 bridgehead atoms. The van der Waals surface area contributed by atoms with E-state index in [9.17, 15) is 18.0 Å².